The number of phenols is 1. The molecule has 0 aliphatic carbocycles. The summed E-state index contributed by atoms with van der Waals surface area (Å²) in [5.41, 5.74) is 6.01. The van der Waals surface area contributed by atoms with Crippen molar-refractivity contribution in [2.75, 3.05) is 16.9 Å². The summed E-state index contributed by atoms with van der Waals surface area (Å²) < 4.78 is 25.1. The van der Waals surface area contributed by atoms with Crippen LogP contribution in [0.1, 0.15) is 20.8 Å². The molecule has 276 valence electrons. The molecule has 0 fully saturated rings. The third-order valence-corrected chi connectivity index (χ3v) is 15.9. The zero-order chi connectivity index (χ0) is 38.5. The van der Waals surface area contributed by atoms with Crippen molar-refractivity contribution in [2.45, 2.75) is 43.8 Å². The standard InChI is InChI=1S/C22H19N3O2S.C21H25BrN2OSi/c1-28(27,19-8-3-2-4-9-19)25-17-10-11-21-20(15-17)22(12-13-23-21)24-16-6-5-7-18(26)14-16;1-21(2,3)26(4,5)25-17-8-6-7-16(14-17)24-20-11-12-23-19-10-9-15(22)13-18(19)20/h2-15,26H,1H3,(H,23,24);6-14H,1-5H3,(H,23,24)/t28-;/m1./s1. The molecule has 7 rings (SSSR count). The molecule has 3 N–H and O–H groups in total. The lowest BCUT2D eigenvalue weighted by Gasteiger charge is -2.36. The zero-order valence-corrected chi connectivity index (χ0v) is 34.6. The first-order valence-electron chi connectivity index (χ1n) is 17.5. The van der Waals surface area contributed by atoms with Crippen molar-refractivity contribution in [3.8, 4) is 11.5 Å². The van der Waals surface area contributed by atoms with Crippen molar-refractivity contribution in [2.24, 2.45) is 4.36 Å². The van der Waals surface area contributed by atoms with Crippen molar-refractivity contribution in [1.29, 1.82) is 0 Å². The van der Waals surface area contributed by atoms with Crippen LogP contribution in [0, 0.1) is 0 Å². The Bertz CT molecular complexity index is 2550. The second-order valence-electron chi connectivity index (χ2n) is 14.5. The molecule has 8 nitrogen and oxygen atoms in total. The first-order chi connectivity index (χ1) is 25.7. The Balaban J connectivity index is 0.000000185. The van der Waals surface area contributed by atoms with Gasteiger partial charge in [-0.15, -0.1) is 0 Å². The van der Waals surface area contributed by atoms with Crippen LogP contribution in [0.5, 0.6) is 11.5 Å². The van der Waals surface area contributed by atoms with Crippen molar-refractivity contribution >= 4 is 84.2 Å². The molecule has 7 aromatic rings. The number of phenolic OH excluding ortho intramolecular Hbond substituents is 1. The van der Waals surface area contributed by atoms with E-state index in [1.165, 1.54) is 0 Å². The van der Waals surface area contributed by atoms with Gasteiger partial charge < -0.3 is 20.2 Å². The van der Waals surface area contributed by atoms with E-state index in [-0.39, 0.29) is 10.8 Å². The number of hydrogen-bond acceptors (Lipinski definition) is 8. The second-order valence-corrected chi connectivity index (χ2v) is 22.4. The molecule has 0 saturated carbocycles. The van der Waals surface area contributed by atoms with E-state index >= 15 is 0 Å². The number of benzene rings is 5. The number of nitrogens with one attached hydrogen (secondary N) is 2. The molecular weight excluding hydrogens is 775 g/mol. The van der Waals surface area contributed by atoms with E-state index in [1.54, 1.807) is 30.7 Å². The Morgan fingerprint density at radius 2 is 1.31 bits per heavy atom. The van der Waals surface area contributed by atoms with Crippen LogP contribution in [0.15, 0.2) is 154 Å². The van der Waals surface area contributed by atoms with Crippen LogP contribution < -0.4 is 15.1 Å². The largest absolute Gasteiger partial charge is 0.543 e. The fourth-order valence-electron chi connectivity index (χ4n) is 5.43. The maximum Gasteiger partial charge on any atom is 0.250 e. The minimum absolute atomic E-state index is 0.171. The molecule has 0 saturated heterocycles. The van der Waals surface area contributed by atoms with E-state index in [0.717, 1.165) is 54.8 Å². The van der Waals surface area contributed by atoms with Gasteiger partial charge in [0.15, 0.2) is 0 Å². The minimum atomic E-state index is -2.56. The Labute approximate surface area is 327 Å². The highest BCUT2D eigenvalue weighted by molar-refractivity contribution is 9.10. The average Bonchev–Trinajstić information content (AvgIpc) is 3.12. The highest BCUT2D eigenvalue weighted by Crippen LogP contribution is 2.38. The fourth-order valence-corrected chi connectivity index (χ4v) is 8.10. The van der Waals surface area contributed by atoms with Gasteiger partial charge in [0.1, 0.15) is 11.5 Å². The Hall–Kier alpha value is -5.23. The zero-order valence-electron chi connectivity index (χ0n) is 31.2. The number of hydrogen-bond donors (Lipinski definition) is 3. The molecule has 0 unspecified atom stereocenters. The third kappa shape index (κ3) is 9.46. The van der Waals surface area contributed by atoms with Crippen LogP contribution in [0.3, 0.4) is 0 Å². The van der Waals surface area contributed by atoms with Crippen LogP contribution in [0.2, 0.25) is 18.1 Å². The first-order valence-corrected chi connectivity index (χ1v) is 23.1. The van der Waals surface area contributed by atoms with Gasteiger partial charge in [0.2, 0.25) is 8.32 Å². The van der Waals surface area contributed by atoms with Crippen LogP contribution in [-0.4, -0.2) is 33.9 Å². The molecule has 11 heteroatoms. The molecule has 5 aromatic carbocycles. The van der Waals surface area contributed by atoms with Crippen molar-refractivity contribution < 1.29 is 13.7 Å². The highest BCUT2D eigenvalue weighted by Gasteiger charge is 2.39. The summed E-state index contributed by atoms with van der Waals surface area (Å²) in [7, 11) is -4.41. The quantitative estimate of drug-likeness (QED) is 0.131. The van der Waals surface area contributed by atoms with E-state index in [0.29, 0.717) is 10.6 Å². The minimum Gasteiger partial charge on any atom is -0.543 e. The molecule has 2 heterocycles. The second kappa shape index (κ2) is 16.0. The van der Waals surface area contributed by atoms with Crippen molar-refractivity contribution in [3.05, 3.63) is 144 Å². The number of nitrogens with zero attached hydrogens (tertiary/aromatic N) is 3. The summed E-state index contributed by atoms with van der Waals surface area (Å²) in [5, 5.41) is 18.6. The topological polar surface area (TPSA) is 109 Å². The number of pyridine rings is 2. The summed E-state index contributed by atoms with van der Waals surface area (Å²) >= 11 is 3.54. The average molecular weight is 819 g/mol. The molecule has 0 radical (unpaired) electrons. The van der Waals surface area contributed by atoms with Crippen LogP contribution >= 0.6 is 15.9 Å². The predicted octanol–water partition coefficient (Wildman–Crippen LogP) is 12.6. The van der Waals surface area contributed by atoms with Gasteiger partial charge in [-0.1, -0.05) is 67.0 Å². The third-order valence-electron chi connectivity index (χ3n) is 9.31. The van der Waals surface area contributed by atoms with Gasteiger partial charge in [-0.05, 0) is 103 Å². The number of aromatic hydroxyl groups is 1. The van der Waals surface area contributed by atoms with Gasteiger partial charge in [0.05, 0.1) is 26.4 Å². The summed E-state index contributed by atoms with van der Waals surface area (Å²) in [6.45, 7) is 11.3. The number of fused-ring (bicyclic) bond motifs is 2. The number of rotatable bonds is 8. The molecule has 0 amide bonds. The Morgan fingerprint density at radius 3 is 1.94 bits per heavy atom. The van der Waals surface area contributed by atoms with Crippen molar-refractivity contribution in [3.63, 3.8) is 0 Å². The van der Waals surface area contributed by atoms with E-state index in [9.17, 15) is 9.32 Å². The molecule has 1 atom stereocenters. The molecule has 0 aliphatic heterocycles. The summed E-state index contributed by atoms with van der Waals surface area (Å²) in [6, 6.07) is 39.9. The van der Waals surface area contributed by atoms with E-state index in [4.69, 9.17) is 4.43 Å². The monoisotopic (exact) mass is 817 g/mol. The molecular formula is C43H44BrN5O3SSi. The van der Waals surface area contributed by atoms with Crippen LogP contribution in [0.4, 0.5) is 28.4 Å². The van der Waals surface area contributed by atoms with Gasteiger partial charge in [-0.2, -0.15) is 4.36 Å². The van der Waals surface area contributed by atoms with Gasteiger partial charge in [0.25, 0.3) is 0 Å². The van der Waals surface area contributed by atoms with Gasteiger partial charge in [0, 0.05) is 73.7 Å². The summed E-state index contributed by atoms with van der Waals surface area (Å²) in [6.07, 6.45) is 5.19. The maximum absolute atomic E-state index is 13.1. The Morgan fingerprint density at radius 1 is 0.722 bits per heavy atom. The lowest BCUT2D eigenvalue weighted by Crippen LogP contribution is -2.43. The number of aromatic nitrogens is 2. The summed E-state index contributed by atoms with van der Waals surface area (Å²) in [4.78, 5) is 9.53. The first kappa shape index (κ1) is 38.5. The van der Waals surface area contributed by atoms with Crippen molar-refractivity contribution in [1.82, 2.24) is 9.97 Å². The van der Waals surface area contributed by atoms with Crippen LogP contribution in [-0.2, 0) is 9.73 Å². The molecule has 2 aromatic heterocycles. The predicted molar refractivity (Wildman–Crippen MR) is 231 cm³/mol. The fraction of sp³-hybridized carbons (Fsp3) is 0.163. The van der Waals surface area contributed by atoms with E-state index in [2.05, 4.69) is 93.0 Å². The Kier molecular flexibility index (Phi) is 11.4. The molecule has 0 aliphatic rings. The van der Waals surface area contributed by atoms with E-state index in [1.807, 2.05) is 97.2 Å². The molecule has 0 bridgehead atoms. The highest BCUT2D eigenvalue weighted by atomic mass is 79.9. The molecule has 0 spiro atoms. The maximum atomic E-state index is 13.1. The number of halogens is 1. The van der Waals surface area contributed by atoms with Gasteiger partial charge in [-0.25, -0.2) is 4.21 Å². The van der Waals surface area contributed by atoms with Crippen LogP contribution in [0.25, 0.3) is 21.8 Å². The summed E-state index contributed by atoms with van der Waals surface area (Å²) in [5.74, 6) is 1.11. The lowest BCUT2D eigenvalue weighted by atomic mass is 10.1. The number of anilines is 4. The SMILES string of the molecule is CC(C)(C)[Si](C)(C)Oc1cccc(Nc2ccnc3ccc(Br)cc23)c1.C[S@](=O)(=Nc1ccc2nccc(Nc3cccc(O)c3)c2c1)c1ccccc1. The normalized spacial score (nSPS) is 12.6. The molecule has 54 heavy (non-hydrogen) atoms. The van der Waals surface area contributed by atoms with E-state index < -0.39 is 18.0 Å². The van der Waals surface area contributed by atoms with Gasteiger partial charge >= 0.3 is 0 Å². The lowest BCUT2D eigenvalue weighted by molar-refractivity contribution is 0.475. The smallest absolute Gasteiger partial charge is 0.250 e. The van der Waals surface area contributed by atoms with Gasteiger partial charge in [-0.3, -0.25) is 9.97 Å².